The maximum atomic E-state index is 14.9. The van der Waals surface area contributed by atoms with Crippen LogP contribution in [0, 0.1) is 18.6 Å². The summed E-state index contributed by atoms with van der Waals surface area (Å²) in [5.41, 5.74) is 4.05. The van der Waals surface area contributed by atoms with Crippen LogP contribution in [0.2, 0.25) is 0 Å². The Morgan fingerprint density at radius 2 is 1.56 bits per heavy atom. The van der Waals surface area contributed by atoms with E-state index in [-0.39, 0.29) is 43.3 Å². The second-order valence-electron chi connectivity index (χ2n) is 11.0. The van der Waals surface area contributed by atoms with Gasteiger partial charge in [0.2, 0.25) is 0 Å². The van der Waals surface area contributed by atoms with Gasteiger partial charge >= 0.3 is 11.9 Å². The van der Waals surface area contributed by atoms with Crippen LogP contribution >= 0.6 is 0 Å². The molecular formula is C32H32F5N5O3. The zero-order valence-electron chi connectivity index (χ0n) is 24.4. The summed E-state index contributed by atoms with van der Waals surface area (Å²) < 4.78 is 72.7. The monoisotopic (exact) mass is 629 g/mol. The predicted octanol–water partition coefficient (Wildman–Crippen LogP) is 4.39. The van der Waals surface area contributed by atoms with Gasteiger partial charge in [0, 0.05) is 61.7 Å². The molecule has 1 fully saturated rings. The molecule has 13 heteroatoms. The van der Waals surface area contributed by atoms with Crippen LogP contribution in [0.15, 0.2) is 76.3 Å². The van der Waals surface area contributed by atoms with Crippen molar-refractivity contribution in [3.05, 3.63) is 127 Å². The number of nitrogens with zero attached hydrogens (tertiary/aromatic N) is 4. The molecule has 1 aliphatic rings. The Morgan fingerprint density at radius 1 is 0.867 bits per heavy atom. The van der Waals surface area contributed by atoms with E-state index in [0.717, 1.165) is 33.4 Å². The Morgan fingerprint density at radius 3 is 2.20 bits per heavy atom. The molecule has 0 bridgehead atoms. The molecule has 4 aromatic rings. The third kappa shape index (κ3) is 6.79. The van der Waals surface area contributed by atoms with Crippen LogP contribution in [0.1, 0.15) is 34.0 Å². The number of hydrogen-bond acceptors (Lipinski definition) is 6. The molecule has 238 valence electrons. The van der Waals surface area contributed by atoms with Crippen molar-refractivity contribution >= 4 is 5.69 Å². The van der Waals surface area contributed by atoms with Crippen LogP contribution in [0.25, 0.3) is 0 Å². The average Bonchev–Trinajstić information content (AvgIpc) is 3.00. The first-order valence-corrected chi connectivity index (χ1v) is 14.3. The zero-order chi connectivity index (χ0) is 32.5. The lowest BCUT2D eigenvalue weighted by Crippen LogP contribution is -2.51. The van der Waals surface area contributed by atoms with Crippen LogP contribution in [0.4, 0.5) is 27.6 Å². The van der Waals surface area contributed by atoms with Gasteiger partial charge in [-0.2, -0.15) is 13.2 Å². The molecule has 0 radical (unpaired) electrons. The first kappa shape index (κ1) is 31.9. The molecule has 5 rings (SSSR count). The van der Waals surface area contributed by atoms with E-state index >= 15 is 0 Å². The normalized spacial score (nSPS) is 15.0. The van der Waals surface area contributed by atoms with E-state index in [4.69, 9.17) is 5.73 Å². The first-order chi connectivity index (χ1) is 21.3. The highest BCUT2D eigenvalue weighted by molar-refractivity contribution is 5.50. The summed E-state index contributed by atoms with van der Waals surface area (Å²) in [5.74, 6) is -1.87. The van der Waals surface area contributed by atoms with Crippen molar-refractivity contribution in [2.75, 3.05) is 31.1 Å². The van der Waals surface area contributed by atoms with E-state index in [1.165, 1.54) is 19.1 Å². The van der Waals surface area contributed by atoms with Gasteiger partial charge in [0.15, 0.2) is 0 Å². The summed E-state index contributed by atoms with van der Waals surface area (Å²) in [7, 11) is 0. The van der Waals surface area contributed by atoms with Gasteiger partial charge in [0.25, 0.3) is 5.56 Å². The lowest BCUT2D eigenvalue weighted by Gasteiger charge is -2.37. The number of benzene rings is 3. The Bertz CT molecular complexity index is 1800. The lowest BCUT2D eigenvalue weighted by atomic mass is 10.1. The van der Waals surface area contributed by atoms with E-state index in [0.29, 0.717) is 24.2 Å². The first-order valence-electron chi connectivity index (χ1n) is 14.3. The van der Waals surface area contributed by atoms with Crippen LogP contribution in [-0.4, -0.2) is 45.3 Å². The molecule has 1 aromatic heterocycles. The van der Waals surface area contributed by atoms with Crippen molar-refractivity contribution in [3.63, 3.8) is 0 Å². The van der Waals surface area contributed by atoms with Gasteiger partial charge in [-0.1, -0.05) is 42.5 Å². The van der Waals surface area contributed by atoms with Crippen LogP contribution in [0.3, 0.4) is 0 Å². The Kier molecular flexibility index (Phi) is 9.12. The van der Waals surface area contributed by atoms with Crippen molar-refractivity contribution in [1.82, 2.24) is 14.0 Å². The Balaban J connectivity index is 1.53. The van der Waals surface area contributed by atoms with Crippen LogP contribution in [0.5, 0.6) is 5.75 Å². The second kappa shape index (κ2) is 12.9. The number of halogens is 5. The van der Waals surface area contributed by atoms with Crippen molar-refractivity contribution in [1.29, 1.82) is 0 Å². The predicted molar refractivity (Wildman–Crippen MR) is 159 cm³/mol. The topological polar surface area (TPSA) is 96.7 Å². The number of piperazine rings is 1. The fourth-order valence-corrected chi connectivity index (χ4v) is 5.68. The third-order valence-electron chi connectivity index (χ3n) is 8.12. The highest BCUT2D eigenvalue weighted by atomic mass is 19.4. The molecule has 8 nitrogen and oxygen atoms in total. The smallest absolute Gasteiger partial charge is 0.416 e. The summed E-state index contributed by atoms with van der Waals surface area (Å²) in [4.78, 5) is 31.4. The molecule has 1 unspecified atom stereocenters. The molecule has 1 atom stereocenters. The van der Waals surface area contributed by atoms with Gasteiger partial charge in [-0.05, 0) is 30.7 Å². The van der Waals surface area contributed by atoms with Gasteiger partial charge in [0.05, 0.1) is 18.7 Å². The number of nitrogens with two attached hydrogens (primary N) is 1. The molecule has 0 amide bonds. The Labute approximate surface area is 255 Å². The number of hydrogen-bond donors (Lipinski definition) is 2. The molecule has 2 heterocycles. The molecule has 1 aliphatic heterocycles. The number of rotatable bonds is 8. The molecule has 45 heavy (non-hydrogen) atoms. The number of alkyl halides is 3. The van der Waals surface area contributed by atoms with Gasteiger partial charge in [-0.25, -0.2) is 13.6 Å². The van der Waals surface area contributed by atoms with Crippen molar-refractivity contribution in [2.24, 2.45) is 5.73 Å². The SMILES string of the molecule is Cc1c(N2CCN(Cc3ccc(O)cc3F)CC2)c(=O)n(CC(N)c2ccccc2)c(=O)n1Cc1c(F)cccc1C(F)(F)F. The molecule has 1 saturated heterocycles. The summed E-state index contributed by atoms with van der Waals surface area (Å²) in [6.07, 6.45) is -4.88. The minimum absolute atomic E-state index is 0.0870. The highest BCUT2D eigenvalue weighted by Gasteiger charge is 2.35. The highest BCUT2D eigenvalue weighted by Crippen LogP contribution is 2.33. The standard InChI is InChI=1S/C32H32F5N5O3/c1-20-29(40-14-12-39(13-15-40)17-22-10-11-23(43)16-27(22)34)30(44)42(19-28(38)21-6-3-2-4-7-21)31(45)41(20)18-24-25(32(35,36)37)8-5-9-26(24)33/h2-11,16,28,43H,12-15,17-19,38H2,1H3. The van der Waals surface area contributed by atoms with Gasteiger partial charge in [-0.15, -0.1) is 0 Å². The maximum Gasteiger partial charge on any atom is 0.416 e. The van der Waals surface area contributed by atoms with Gasteiger partial charge in [-0.3, -0.25) is 18.8 Å². The summed E-state index contributed by atoms with van der Waals surface area (Å²) >= 11 is 0. The molecule has 0 aliphatic carbocycles. The fourth-order valence-electron chi connectivity index (χ4n) is 5.68. The molecular weight excluding hydrogens is 597 g/mol. The lowest BCUT2D eigenvalue weighted by molar-refractivity contribution is -0.138. The third-order valence-corrected chi connectivity index (χ3v) is 8.12. The molecule has 0 spiro atoms. The van der Waals surface area contributed by atoms with E-state index in [1.54, 1.807) is 35.2 Å². The quantitative estimate of drug-likeness (QED) is 0.281. The van der Waals surface area contributed by atoms with Crippen molar-refractivity contribution < 1.29 is 27.1 Å². The van der Waals surface area contributed by atoms with Gasteiger partial charge < -0.3 is 15.7 Å². The van der Waals surface area contributed by atoms with E-state index in [9.17, 15) is 36.6 Å². The van der Waals surface area contributed by atoms with Crippen molar-refractivity contribution in [2.45, 2.75) is 38.8 Å². The van der Waals surface area contributed by atoms with Crippen LogP contribution in [-0.2, 0) is 25.8 Å². The second-order valence-corrected chi connectivity index (χ2v) is 11.0. The maximum absolute atomic E-state index is 14.9. The summed E-state index contributed by atoms with van der Waals surface area (Å²) in [6.45, 7) is 2.03. The fraction of sp³-hybridized carbons (Fsp3) is 0.312. The van der Waals surface area contributed by atoms with Crippen LogP contribution < -0.4 is 21.9 Å². The number of aromatic hydroxyl groups is 1. The largest absolute Gasteiger partial charge is 0.508 e. The molecule has 3 N–H and O–H groups in total. The number of phenolic OH excluding ortho intramolecular Hbond substituents is 1. The number of phenols is 1. The molecule has 0 saturated carbocycles. The number of anilines is 1. The minimum atomic E-state index is -4.88. The van der Waals surface area contributed by atoms with E-state index < -0.39 is 52.8 Å². The summed E-state index contributed by atoms with van der Waals surface area (Å²) in [5, 5.41) is 9.50. The van der Waals surface area contributed by atoms with E-state index in [1.807, 2.05) is 4.90 Å². The van der Waals surface area contributed by atoms with Crippen molar-refractivity contribution in [3.8, 4) is 5.75 Å². The zero-order valence-corrected chi connectivity index (χ0v) is 24.4. The minimum Gasteiger partial charge on any atom is -0.508 e. The molecule has 3 aromatic carbocycles. The average molecular weight is 630 g/mol. The number of aromatic nitrogens is 2. The van der Waals surface area contributed by atoms with Gasteiger partial charge in [0.1, 0.15) is 23.1 Å². The summed E-state index contributed by atoms with van der Waals surface area (Å²) in [6, 6.07) is 14.4. The van der Waals surface area contributed by atoms with E-state index in [2.05, 4.69) is 0 Å². The Hall–Kier alpha value is -4.49.